The molecule has 0 aliphatic carbocycles. The summed E-state index contributed by atoms with van der Waals surface area (Å²) in [6.45, 7) is 4.11. The van der Waals surface area contributed by atoms with E-state index < -0.39 is 17.4 Å². The summed E-state index contributed by atoms with van der Waals surface area (Å²) in [4.78, 5) is 0. The van der Waals surface area contributed by atoms with Crippen molar-refractivity contribution in [3.63, 3.8) is 0 Å². The van der Waals surface area contributed by atoms with Crippen LogP contribution < -0.4 is 0 Å². The second-order valence-corrected chi connectivity index (χ2v) is 3.40. The molecule has 0 aromatic heterocycles. The second-order valence-electron chi connectivity index (χ2n) is 2.45. The Bertz CT molecular complexity index is 129. The Kier molecular flexibility index (Phi) is 5.67. The number of aliphatic hydroxyl groups excluding tert-OH is 1. The zero-order valence-corrected chi connectivity index (χ0v) is 7.63. The van der Waals surface area contributed by atoms with Crippen molar-refractivity contribution >= 4 is 11.3 Å². The highest BCUT2D eigenvalue weighted by Crippen LogP contribution is 1.96. The maximum Gasteiger partial charge on any atom is 0.0648 e. The van der Waals surface area contributed by atoms with Gasteiger partial charge in [-0.3, -0.25) is 4.21 Å². The minimum absolute atomic E-state index is 0.184. The van der Waals surface area contributed by atoms with E-state index in [-0.39, 0.29) is 6.54 Å². The van der Waals surface area contributed by atoms with Crippen molar-refractivity contribution in [1.82, 2.24) is 4.31 Å². The van der Waals surface area contributed by atoms with Crippen molar-refractivity contribution in [2.75, 3.05) is 13.1 Å². The average molecular weight is 180 g/mol. The van der Waals surface area contributed by atoms with Crippen LogP contribution >= 0.6 is 0 Å². The van der Waals surface area contributed by atoms with E-state index in [1.54, 1.807) is 6.92 Å². The molecule has 0 aromatic carbocycles. The zero-order chi connectivity index (χ0) is 8.85. The average Bonchev–Trinajstić information content (AvgIpc) is 1.86. The molecular formula is C6H14NO3S-. The normalized spacial score (nSPS) is 16.8. The molecule has 0 fully saturated rings. The van der Waals surface area contributed by atoms with Crippen LogP contribution in [0.15, 0.2) is 0 Å². The molecule has 0 amide bonds. The smallest absolute Gasteiger partial charge is 0.0648 e. The zero-order valence-electron chi connectivity index (χ0n) is 6.82. The van der Waals surface area contributed by atoms with Gasteiger partial charge in [-0.15, -0.1) is 0 Å². The summed E-state index contributed by atoms with van der Waals surface area (Å²) < 4.78 is 22.1. The van der Waals surface area contributed by atoms with Crippen LogP contribution in [0, 0.1) is 0 Å². The summed E-state index contributed by atoms with van der Waals surface area (Å²) in [7, 11) is 0. The van der Waals surface area contributed by atoms with E-state index >= 15 is 0 Å². The van der Waals surface area contributed by atoms with Crippen LogP contribution in [0.3, 0.4) is 0 Å². The van der Waals surface area contributed by atoms with Crippen molar-refractivity contribution in [3.05, 3.63) is 0 Å². The first-order valence-corrected chi connectivity index (χ1v) is 4.63. The first-order chi connectivity index (χ1) is 5.07. The molecular weight excluding hydrogens is 166 g/mol. The highest BCUT2D eigenvalue weighted by Gasteiger charge is 2.06. The Labute approximate surface area is 69.6 Å². The van der Waals surface area contributed by atoms with Gasteiger partial charge in [-0.25, -0.2) is 4.31 Å². The molecule has 5 heteroatoms. The van der Waals surface area contributed by atoms with Crippen LogP contribution in [-0.2, 0) is 11.3 Å². The number of nitrogens with zero attached hydrogens (tertiary/aromatic N) is 1. The molecule has 1 N–H and O–H groups in total. The van der Waals surface area contributed by atoms with Gasteiger partial charge in [-0.2, -0.15) is 0 Å². The molecule has 0 aromatic rings. The summed E-state index contributed by atoms with van der Waals surface area (Å²) in [6.07, 6.45) is 0.167. The molecule has 0 spiro atoms. The van der Waals surface area contributed by atoms with E-state index in [2.05, 4.69) is 0 Å². The van der Waals surface area contributed by atoms with Crippen molar-refractivity contribution in [3.8, 4) is 0 Å². The molecule has 0 rings (SSSR count). The van der Waals surface area contributed by atoms with Gasteiger partial charge in [-0.05, 0) is 13.3 Å². The Morgan fingerprint density at radius 2 is 2.27 bits per heavy atom. The van der Waals surface area contributed by atoms with E-state index in [4.69, 9.17) is 5.11 Å². The Hall–Kier alpha value is 0.0300. The standard InChI is InChI=1S/C6H15NO3S/c1-3-4-7(11(9)10)5-6(2)8/h6,8H,3-5H2,1-2H3,(H,9,10)/p-1. The Morgan fingerprint density at radius 1 is 1.73 bits per heavy atom. The van der Waals surface area contributed by atoms with Crippen LogP contribution in [0.25, 0.3) is 0 Å². The first-order valence-electron chi connectivity index (χ1n) is 3.60. The third-order valence-electron chi connectivity index (χ3n) is 1.15. The largest absolute Gasteiger partial charge is 0.760 e. The Morgan fingerprint density at radius 3 is 2.55 bits per heavy atom. The molecule has 2 atom stereocenters. The topological polar surface area (TPSA) is 63.6 Å². The first kappa shape index (κ1) is 11.0. The molecule has 68 valence electrons. The highest BCUT2D eigenvalue weighted by atomic mass is 32.2. The highest BCUT2D eigenvalue weighted by molar-refractivity contribution is 7.76. The number of hydrogen-bond donors (Lipinski definition) is 1. The number of aliphatic hydroxyl groups is 1. The van der Waals surface area contributed by atoms with Crippen molar-refractivity contribution in [2.24, 2.45) is 0 Å². The molecule has 4 nitrogen and oxygen atoms in total. The molecule has 0 bridgehead atoms. The maximum absolute atomic E-state index is 10.4. The van der Waals surface area contributed by atoms with Crippen LogP contribution in [-0.4, -0.2) is 37.4 Å². The number of rotatable bonds is 5. The minimum atomic E-state index is -2.20. The van der Waals surface area contributed by atoms with Crippen LogP contribution in [0.2, 0.25) is 0 Å². The van der Waals surface area contributed by atoms with Gasteiger partial charge in [0.25, 0.3) is 0 Å². The lowest BCUT2D eigenvalue weighted by molar-refractivity contribution is 0.162. The quantitative estimate of drug-likeness (QED) is 0.600. The maximum atomic E-state index is 10.4. The van der Waals surface area contributed by atoms with Crippen LogP contribution in [0.1, 0.15) is 20.3 Å². The predicted octanol–water partition coefficient (Wildman–Crippen LogP) is -0.127. The van der Waals surface area contributed by atoms with E-state index in [1.165, 1.54) is 4.31 Å². The van der Waals surface area contributed by atoms with Crippen molar-refractivity contribution in [1.29, 1.82) is 0 Å². The third-order valence-corrected chi connectivity index (χ3v) is 1.90. The second kappa shape index (κ2) is 5.65. The van der Waals surface area contributed by atoms with E-state index in [1.807, 2.05) is 6.92 Å². The SMILES string of the molecule is CCCN(CC(C)O)S(=O)[O-]. The van der Waals surface area contributed by atoms with Gasteiger partial charge in [0.2, 0.25) is 0 Å². The molecule has 0 aliphatic rings. The number of hydrogen-bond acceptors (Lipinski definition) is 3. The molecule has 0 saturated heterocycles. The summed E-state index contributed by atoms with van der Waals surface area (Å²) >= 11 is -2.20. The molecule has 0 heterocycles. The van der Waals surface area contributed by atoms with Crippen LogP contribution in [0.4, 0.5) is 0 Å². The summed E-state index contributed by atoms with van der Waals surface area (Å²) in [6, 6.07) is 0. The Balaban J connectivity index is 3.79. The van der Waals surface area contributed by atoms with Crippen LogP contribution in [0.5, 0.6) is 0 Å². The van der Waals surface area contributed by atoms with Gasteiger partial charge in [0, 0.05) is 24.4 Å². The lowest BCUT2D eigenvalue weighted by Gasteiger charge is -2.24. The monoisotopic (exact) mass is 180 g/mol. The third kappa shape index (κ3) is 5.32. The molecule has 0 saturated carbocycles. The van der Waals surface area contributed by atoms with Gasteiger partial charge in [0.15, 0.2) is 0 Å². The minimum Gasteiger partial charge on any atom is -0.760 e. The summed E-state index contributed by atoms with van der Waals surface area (Å²) in [5.74, 6) is 0. The van der Waals surface area contributed by atoms with E-state index in [0.29, 0.717) is 6.54 Å². The van der Waals surface area contributed by atoms with E-state index in [0.717, 1.165) is 6.42 Å². The fraction of sp³-hybridized carbons (Fsp3) is 1.00. The van der Waals surface area contributed by atoms with Gasteiger partial charge in [0.1, 0.15) is 0 Å². The predicted molar refractivity (Wildman–Crippen MR) is 42.5 cm³/mol. The summed E-state index contributed by atoms with van der Waals surface area (Å²) in [5.41, 5.74) is 0. The fourth-order valence-corrected chi connectivity index (χ4v) is 1.44. The lowest BCUT2D eigenvalue weighted by Crippen LogP contribution is -2.33. The van der Waals surface area contributed by atoms with Crippen molar-refractivity contribution < 1.29 is 13.9 Å². The van der Waals surface area contributed by atoms with Gasteiger partial charge in [-0.1, -0.05) is 6.92 Å². The molecule has 11 heavy (non-hydrogen) atoms. The molecule has 2 unspecified atom stereocenters. The lowest BCUT2D eigenvalue weighted by atomic mass is 10.4. The van der Waals surface area contributed by atoms with E-state index in [9.17, 15) is 8.76 Å². The van der Waals surface area contributed by atoms with Gasteiger partial charge in [0.05, 0.1) is 6.10 Å². The molecule has 0 aliphatic heterocycles. The summed E-state index contributed by atoms with van der Waals surface area (Å²) in [5, 5.41) is 8.88. The van der Waals surface area contributed by atoms with Gasteiger partial charge >= 0.3 is 0 Å². The fourth-order valence-electron chi connectivity index (χ4n) is 0.771. The van der Waals surface area contributed by atoms with Crippen molar-refractivity contribution in [2.45, 2.75) is 26.4 Å². The molecule has 0 radical (unpaired) electrons. The van der Waals surface area contributed by atoms with Gasteiger partial charge < -0.3 is 9.66 Å².